The van der Waals surface area contributed by atoms with Crippen LogP contribution in [0.4, 0.5) is 0 Å². The average Bonchev–Trinajstić information content (AvgIpc) is 2.50. The lowest BCUT2D eigenvalue weighted by Gasteiger charge is -2.34. The summed E-state index contributed by atoms with van der Waals surface area (Å²) in [5.41, 5.74) is 0.503. The molecule has 108 valence electrons. The molecule has 3 N–H and O–H groups in total. The van der Waals surface area contributed by atoms with E-state index in [1.807, 2.05) is 31.2 Å². The van der Waals surface area contributed by atoms with Gasteiger partial charge in [-0.25, -0.2) is 0 Å². The fourth-order valence-electron chi connectivity index (χ4n) is 2.09. The van der Waals surface area contributed by atoms with Crippen molar-refractivity contribution in [3.05, 3.63) is 29.8 Å². The summed E-state index contributed by atoms with van der Waals surface area (Å²) in [6.45, 7) is 3.89. The highest BCUT2D eigenvalue weighted by Gasteiger charge is 2.29. The van der Waals surface area contributed by atoms with Crippen molar-refractivity contribution >= 4 is 0 Å². The molecule has 0 aliphatic carbocycles. The number of benzene rings is 1. The molecule has 1 aromatic rings. The molecule has 1 aromatic carbocycles. The summed E-state index contributed by atoms with van der Waals surface area (Å²) < 4.78 is 5.15. The number of aliphatic hydroxyl groups is 2. The Balaban J connectivity index is 2.87. The highest BCUT2D eigenvalue weighted by atomic mass is 16.5. The van der Waals surface area contributed by atoms with Crippen LogP contribution >= 0.6 is 0 Å². The monoisotopic (exact) mass is 267 g/mol. The van der Waals surface area contributed by atoms with E-state index >= 15 is 0 Å². The quantitative estimate of drug-likeness (QED) is 0.673. The van der Waals surface area contributed by atoms with Crippen LogP contribution in [0.1, 0.15) is 38.3 Å². The Morgan fingerprint density at radius 3 is 2.11 bits per heavy atom. The summed E-state index contributed by atoms with van der Waals surface area (Å²) in [6, 6.07) is 7.96. The van der Waals surface area contributed by atoms with E-state index in [1.165, 1.54) is 0 Å². The zero-order valence-corrected chi connectivity index (χ0v) is 12.0. The largest absolute Gasteiger partial charge is 0.497 e. The minimum atomic E-state index is -0.624. The van der Waals surface area contributed by atoms with Gasteiger partial charge in [-0.05, 0) is 30.5 Å². The Morgan fingerprint density at radius 1 is 1.16 bits per heavy atom. The first-order valence-electron chi connectivity index (χ1n) is 6.78. The van der Waals surface area contributed by atoms with Gasteiger partial charge in [-0.2, -0.15) is 0 Å². The smallest absolute Gasteiger partial charge is 0.118 e. The highest BCUT2D eigenvalue weighted by Crippen LogP contribution is 2.23. The molecule has 0 radical (unpaired) electrons. The van der Waals surface area contributed by atoms with Gasteiger partial charge >= 0.3 is 0 Å². The minimum Gasteiger partial charge on any atom is -0.497 e. The second-order valence-corrected chi connectivity index (χ2v) is 4.83. The van der Waals surface area contributed by atoms with Crippen molar-refractivity contribution in [2.75, 3.05) is 20.3 Å². The molecule has 19 heavy (non-hydrogen) atoms. The van der Waals surface area contributed by atoms with Crippen molar-refractivity contribution in [1.82, 2.24) is 5.32 Å². The van der Waals surface area contributed by atoms with Gasteiger partial charge in [-0.3, -0.25) is 0 Å². The van der Waals surface area contributed by atoms with Gasteiger partial charge in [0.1, 0.15) is 5.75 Å². The first kappa shape index (κ1) is 16.0. The molecule has 0 aliphatic rings. The highest BCUT2D eigenvalue weighted by molar-refractivity contribution is 5.29. The molecule has 0 fully saturated rings. The van der Waals surface area contributed by atoms with Crippen molar-refractivity contribution in [3.63, 3.8) is 0 Å². The molecule has 0 bridgehead atoms. The summed E-state index contributed by atoms with van der Waals surface area (Å²) in [4.78, 5) is 0. The molecule has 1 rings (SSSR count). The van der Waals surface area contributed by atoms with E-state index in [0.717, 1.165) is 17.7 Å². The van der Waals surface area contributed by atoms with Crippen LogP contribution in [-0.4, -0.2) is 36.1 Å². The second-order valence-electron chi connectivity index (χ2n) is 4.83. The molecule has 1 atom stereocenters. The Hall–Kier alpha value is -1.10. The number of methoxy groups -OCH3 is 1. The van der Waals surface area contributed by atoms with Crippen LogP contribution < -0.4 is 10.1 Å². The molecule has 0 saturated heterocycles. The lowest BCUT2D eigenvalue weighted by molar-refractivity contribution is 0.0768. The molecule has 0 aromatic heterocycles. The van der Waals surface area contributed by atoms with Crippen molar-refractivity contribution in [2.24, 2.45) is 0 Å². The van der Waals surface area contributed by atoms with Gasteiger partial charge in [0.2, 0.25) is 0 Å². The van der Waals surface area contributed by atoms with E-state index in [1.54, 1.807) is 7.11 Å². The molecule has 4 heteroatoms. The van der Waals surface area contributed by atoms with E-state index in [-0.39, 0.29) is 19.3 Å². The Kier molecular flexibility index (Phi) is 6.28. The zero-order valence-electron chi connectivity index (χ0n) is 12.0. The van der Waals surface area contributed by atoms with Crippen LogP contribution in [0, 0.1) is 0 Å². The maximum absolute atomic E-state index is 9.51. The summed E-state index contributed by atoms with van der Waals surface area (Å²) in [7, 11) is 1.64. The molecule has 0 heterocycles. The van der Waals surface area contributed by atoms with Crippen molar-refractivity contribution in [2.45, 2.75) is 38.3 Å². The van der Waals surface area contributed by atoms with Crippen molar-refractivity contribution in [1.29, 1.82) is 0 Å². The lowest BCUT2D eigenvalue weighted by Crippen LogP contribution is -2.52. The van der Waals surface area contributed by atoms with Crippen LogP contribution in [0.3, 0.4) is 0 Å². The lowest BCUT2D eigenvalue weighted by atomic mass is 9.94. The molecule has 0 amide bonds. The third kappa shape index (κ3) is 3.93. The van der Waals surface area contributed by atoms with Gasteiger partial charge in [0.05, 0.1) is 25.9 Å². The van der Waals surface area contributed by atoms with Gasteiger partial charge in [0.25, 0.3) is 0 Å². The number of hydrogen-bond donors (Lipinski definition) is 3. The third-order valence-corrected chi connectivity index (χ3v) is 3.69. The van der Waals surface area contributed by atoms with Crippen LogP contribution in [0.15, 0.2) is 24.3 Å². The summed E-state index contributed by atoms with van der Waals surface area (Å²) in [6.07, 6.45) is 1.56. The first-order valence-corrected chi connectivity index (χ1v) is 6.78. The predicted molar refractivity (Wildman–Crippen MR) is 76.4 cm³/mol. The fraction of sp³-hybridized carbons (Fsp3) is 0.600. The van der Waals surface area contributed by atoms with Crippen molar-refractivity contribution in [3.8, 4) is 5.75 Å². The third-order valence-electron chi connectivity index (χ3n) is 3.69. The molecule has 0 spiro atoms. The van der Waals surface area contributed by atoms with Gasteiger partial charge < -0.3 is 20.3 Å². The van der Waals surface area contributed by atoms with E-state index in [2.05, 4.69) is 12.2 Å². The molecular weight excluding hydrogens is 242 g/mol. The second kappa shape index (κ2) is 7.48. The maximum Gasteiger partial charge on any atom is 0.118 e. The van der Waals surface area contributed by atoms with E-state index in [4.69, 9.17) is 4.74 Å². The number of ether oxygens (including phenoxy) is 1. The molecule has 1 unspecified atom stereocenters. The molecule has 4 nitrogen and oxygen atoms in total. The van der Waals surface area contributed by atoms with E-state index < -0.39 is 5.54 Å². The van der Waals surface area contributed by atoms with Crippen molar-refractivity contribution < 1.29 is 14.9 Å². The first-order chi connectivity index (χ1) is 9.14. The summed E-state index contributed by atoms with van der Waals surface area (Å²) in [5.74, 6) is 0.824. The van der Waals surface area contributed by atoms with Gasteiger partial charge in [-0.15, -0.1) is 0 Å². The Morgan fingerprint density at radius 2 is 1.74 bits per heavy atom. The molecule has 0 aliphatic heterocycles. The van der Waals surface area contributed by atoms with E-state index in [0.29, 0.717) is 6.42 Å². The number of hydrogen-bond acceptors (Lipinski definition) is 4. The van der Waals surface area contributed by atoms with Gasteiger partial charge in [-0.1, -0.05) is 26.0 Å². The van der Waals surface area contributed by atoms with Gasteiger partial charge in [0, 0.05) is 6.04 Å². The fourth-order valence-corrected chi connectivity index (χ4v) is 2.09. The van der Waals surface area contributed by atoms with Crippen LogP contribution in [0.25, 0.3) is 0 Å². The topological polar surface area (TPSA) is 61.7 Å². The standard InChI is InChI=1S/C15H25NO3/c1-4-14(16-15(5-2,10-17)11-18)12-6-8-13(19-3)9-7-12/h6-9,14,16-18H,4-5,10-11H2,1-3H3. The molecule has 0 saturated carbocycles. The average molecular weight is 267 g/mol. The van der Waals surface area contributed by atoms with Crippen LogP contribution in [0.2, 0.25) is 0 Å². The van der Waals surface area contributed by atoms with Gasteiger partial charge in [0.15, 0.2) is 0 Å². The number of nitrogens with one attached hydrogen (secondary N) is 1. The summed E-state index contributed by atoms with van der Waals surface area (Å²) >= 11 is 0. The normalized spacial score (nSPS) is 13.3. The number of rotatable bonds is 8. The number of aliphatic hydroxyl groups excluding tert-OH is 2. The zero-order chi connectivity index (χ0) is 14.3. The van der Waals surface area contributed by atoms with E-state index in [9.17, 15) is 10.2 Å². The van der Waals surface area contributed by atoms with Crippen LogP contribution in [0.5, 0.6) is 5.75 Å². The predicted octanol–water partition coefficient (Wildman–Crippen LogP) is 1.87. The summed E-state index contributed by atoms with van der Waals surface area (Å²) in [5, 5.41) is 22.4. The maximum atomic E-state index is 9.51. The minimum absolute atomic E-state index is 0.0767. The Labute approximate surface area is 115 Å². The SMILES string of the molecule is CCC(NC(CC)(CO)CO)c1ccc(OC)cc1. The molecular formula is C15H25NO3. The Bertz CT molecular complexity index is 352. The van der Waals surface area contributed by atoms with Crippen LogP contribution in [-0.2, 0) is 0 Å².